The largest absolute Gasteiger partial charge is 0.494 e. The second-order valence-corrected chi connectivity index (χ2v) is 9.63. The fraction of sp³-hybridized carbons (Fsp3) is 0.444. The predicted octanol–water partition coefficient (Wildman–Crippen LogP) is 4.37. The van der Waals surface area contributed by atoms with Gasteiger partial charge in [0.2, 0.25) is 0 Å². The zero-order valence-electron chi connectivity index (χ0n) is 20.4. The number of ether oxygens (including phenoxy) is 1. The Morgan fingerprint density at radius 2 is 1.69 bits per heavy atom. The molecule has 0 aliphatic heterocycles. The minimum atomic E-state index is -0.291. The van der Waals surface area contributed by atoms with Crippen LogP contribution in [0.15, 0.2) is 41.2 Å². The number of fused-ring (bicyclic) bond motifs is 1. The Balaban J connectivity index is 1.39. The Morgan fingerprint density at radius 3 is 2.31 bits per heavy atom. The Hall–Kier alpha value is -3.60. The van der Waals surface area contributed by atoms with Gasteiger partial charge in [-0.25, -0.2) is 9.37 Å². The maximum absolute atomic E-state index is 13.8. The van der Waals surface area contributed by atoms with Crippen LogP contribution in [0.2, 0.25) is 0 Å². The van der Waals surface area contributed by atoms with Crippen molar-refractivity contribution in [3.05, 3.63) is 58.3 Å². The van der Waals surface area contributed by atoms with E-state index < -0.39 is 0 Å². The molecule has 0 saturated heterocycles. The molecule has 2 saturated carbocycles. The summed E-state index contributed by atoms with van der Waals surface area (Å²) < 4.78 is 20.9. The third-order valence-electron chi connectivity index (χ3n) is 7.53. The van der Waals surface area contributed by atoms with E-state index in [1.165, 1.54) is 12.1 Å². The van der Waals surface area contributed by atoms with Crippen LogP contribution in [-0.4, -0.2) is 41.8 Å². The summed E-state index contributed by atoms with van der Waals surface area (Å²) in [6, 6.07) is 13.1. The average molecular weight is 476 g/mol. The molecule has 0 spiro atoms. The lowest BCUT2D eigenvalue weighted by atomic mass is 9.88. The highest BCUT2D eigenvalue weighted by Gasteiger charge is 2.38. The SMILES string of the molecule is COc1cc(F)ccc1N(C1CC1)[C@H]1CC[C@@H](N(C)c2cc(=O)n(C)c3ccc(C#N)nc23)CC1. The number of hydrogen-bond donors (Lipinski definition) is 0. The quantitative estimate of drug-likeness (QED) is 0.527. The van der Waals surface area contributed by atoms with Gasteiger partial charge in [-0.05, 0) is 62.8 Å². The third-order valence-corrected chi connectivity index (χ3v) is 7.53. The standard InChI is InChI=1S/C27H30FN5O2/c1-31(24-15-26(34)32(2)23-13-5-18(16-29)30-27(23)24)19-6-8-20(9-7-19)33(21-10-11-21)22-12-4-17(28)14-25(22)35-3/h4-5,12-15,19-21H,6-11H2,1-3H3/t19-,20+. The second kappa shape index (κ2) is 9.21. The van der Waals surface area contributed by atoms with E-state index in [1.54, 1.807) is 36.9 Å². The first-order chi connectivity index (χ1) is 16.9. The molecule has 7 nitrogen and oxygen atoms in total. The molecule has 3 aromatic rings. The van der Waals surface area contributed by atoms with Gasteiger partial charge in [0.15, 0.2) is 0 Å². The summed E-state index contributed by atoms with van der Waals surface area (Å²) in [5.41, 5.74) is 3.37. The smallest absolute Gasteiger partial charge is 0.252 e. The molecular formula is C27H30FN5O2. The molecule has 5 rings (SSSR count). The van der Waals surface area contributed by atoms with Crippen LogP contribution in [0.25, 0.3) is 11.0 Å². The molecule has 182 valence electrons. The van der Waals surface area contributed by atoms with Crippen molar-refractivity contribution >= 4 is 22.4 Å². The van der Waals surface area contributed by atoms with Crippen molar-refractivity contribution < 1.29 is 9.13 Å². The maximum atomic E-state index is 13.8. The molecule has 0 unspecified atom stereocenters. The lowest BCUT2D eigenvalue weighted by Crippen LogP contribution is -2.44. The molecule has 2 aliphatic rings. The summed E-state index contributed by atoms with van der Waals surface area (Å²) in [7, 11) is 5.33. The fourth-order valence-corrected chi connectivity index (χ4v) is 5.47. The van der Waals surface area contributed by atoms with E-state index in [0.29, 0.717) is 29.0 Å². The lowest BCUT2D eigenvalue weighted by molar-refractivity contribution is 0.360. The van der Waals surface area contributed by atoms with Crippen LogP contribution in [0.4, 0.5) is 15.8 Å². The van der Waals surface area contributed by atoms with Crippen LogP contribution in [0, 0.1) is 17.1 Å². The molecular weight excluding hydrogens is 445 g/mol. The van der Waals surface area contributed by atoms with Gasteiger partial charge < -0.3 is 19.1 Å². The van der Waals surface area contributed by atoms with E-state index in [-0.39, 0.29) is 17.4 Å². The van der Waals surface area contributed by atoms with Crippen molar-refractivity contribution in [3.8, 4) is 11.8 Å². The first-order valence-corrected chi connectivity index (χ1v) is 12.2. The van der Waals surface area contributed by atoms with Gasteiger partial charge in [0, 0.05) is 44.4 Å². The molecule has 0 N–H and O–H groups in total. The maximum Gasteiger partial charge on any atom is 0.252 e. The monoisotopic (exact) mass is 475 g/mol. The Morgan fingerprint density at radius 1 is 1.03 bits per heavy atom. The van der Waals surface area contributed by atoms with E-state index in [4.69, 9.17) is 4.74 Å². The second-order valence-electron chi connectivity index (χ2n) is 9.63. The van der Waals surface area contributed by atoms with E-state index in [0.717, 1.165) is 55.4 Å². The van der Waals surface area contributed by atoms with Crippen molar-refractivity contribution in [2.75, 3.05) is 24.0 Å². The van der Waals surface area contributed by atoms with Crippen molar-refractivity contribution in [3.63, 3.8) is 0 Å². The van der Waals surface area contributed by atoms with Gasteiger partial charge in [-0.3, -0.25) is 4.79 Å². The first kappa shape index (κ1) is 23.2. The number of rotatable bonds is 6. The highest BCUT2D eigenvalue weighted by Crippen LogP contribution is 2.42. The Bertz CT molecular complexity index is 1350. The topological polar surface area (TPSA) is 74.4 Å². The summed E-state index contributed by atoms with van der Waals surface area (Å²) in [5, 5.41) is 9.35. The number of anilines is 2. The van der Waals surface area contributed by atoms with Gasteiger partial charge in [0.1, 0.15) is 28.8 Å². The molecule has 2 fully saturated rings. The normalized spacial score (nSPS) is 19.9. The Kier molecular flexibility index (Phi) is 6.10. The zero-order chi connectivity index (χ0) is 24.7. The number of hydrogen-bond acceptors (Lipinski definition) is 6. The number of methoxy groups -OCH3 is 1. The number of benzene rings is 1. The number of pyridine rings is 2. The van der Waals surface area contributed by atoms with Crippen LogP contribution < -0.4 is 20.1 Å². The number of halogens is 1. The van der Waals surface area contributed by atoms with Gasteiger partial charge in [-0.15, -0.1) is 0 Å². The number of nitrogens with zero attached hydrogens (tertiary/aromatic N) is 5. The van der Waals surface area contributed by atoms with E-state index >= 15 is 0 Å². The van der Waals surface area contributed by atoms with Crippen LogP contribution in [-0.2, 0) is 7.05 Å². The highest BCUT2D eigenvalue weighted by atomic mass is 19.1. The third kappa shape index (κ3) is 4.31. The summed E-state index contributed by atoms with van der Waals surface area (Å²) >= 11 is 0. The predicted molar refractivity (Wildman–Crippen MR) is 135 cm³/mol. The zero-order valence-corrected chi connectivity index (χ0v) is 20.4. The number of aromatic nitrogens is 2. The highest BCUT2D eigenvalue weighted by molar-refractivity contribution is 5.88. The molecule has 0 radical (unpaired) electrons. The van der Waals surface area contributed by atoms with Crippen LogP contribution in [0.1, 0.15) is 44.2 Å². The van der Waals surface area contributed by atoms with E-state index in [2.05, 4.69) is 20.9 Å². The molecule has 2 aliphatic carbocycles. The van der Waals surface area contributed by atoms with Crippen molar-refractivity contribution in [2.24, 2.45) is 7.05 Å². The molecule has 2 aromatic heterocycles. The minimum Gasteiger partial charge on any atom is -0.494 e. The molecule has 0 amide bonds. The van der Waals surface area contributed by atoms with Crippen LogP contribution in [0.3, 0.4) is 0 Å². The molecule has 0 bridgehead atoms. The average Bonchev–Trinajstić information content (AvgIpc) is 3.72. The molecule has 2 heterocycles. The molecule has 0 atom stereocenters. The molecule has 35 heavy (non-hydrogen) atoms. The lowest BCUT2D eigenvalue weighted by Gasteiger charge is -2.42. The van der Waals surface area contributed by atoms with Crippen molar-refractivity contribution in [1.29, 1.82) is 5.26 Å². The van der Waals surface area contributed by atoms with Gasteiger partial charge in [-0.2, -0.15) is 5.26 Å². The molecule has 1 aromatic carbocycles. The number of nitriles is 1. The van der Waals surface area contributed by atoms with Crippen LogP contribution in [0.5, 0.6) is 5.75 Å². The van der Waals surface area contributed by atoms with Crippen molar-refractivity contribution in [1.82, 2.24) is 9.55 Å². The fourth-order valence-electron chi connectivity index (χ4n) is 5.47. The Labute approximate surface area is 204 Å². The molecule has 8 heteroatoms. The first-order valence-electron chi connectivity index (χ1n) is 12.2. The summed E-state index contributed by atoms with van der Waals surface area (Å²) in [6.07, 6.45) is 6.20. The van der Waals surface area contributed by atoms with E-state index in [1.807, 2.05) is 13.1 Å². The summed E-state index contributed by atoms with van der Waals surface area (Å²) in [6.45, 7) is 0. The van der Waals surface area contributed by atoms with Crippen molar-refractivity contribution in [2.45, 2.75) is 56.7 Å². The van der Waals surface area contributed by atoms with Gasteiger partial charge in [-0.1, -0.05) is 0 Å². The van der Waals surface area contributed by atoms with E-state index in [9.17, 15) is 14.4 Å². The minimum absolute atomic E-state index is 0.0946. The summed E-state index contributed by atoms with van der Waals surface area (Å²) in [4.78, 5) is 21.8. The number of aryl methyl sites for hydroxylation is 1. The van der Waals surface area contributed by atoms with Crippen LogP contribution >= 0.6 is 0 Å². The van der Waals surface area contributed by atoms with Gasteiger partial charge in [0.05, 0.1) is 24.0 Å². The van der Waals surface area contributed by atoms with Gasteiger partial charge in [0.25, 0.3) is 5.56 Å². The van der Waals surface area contributed by atoms with Gasteiger partial charge >= 0.3 is 0 Å². The summed E-state index contributed by atoms with van der Waals surface area (Å²) in [5.74, 6) is 0.295.